The number of carboxylic acid groups (broad SMARTS) is 1. The van der Waals surface area contributed by atoms with Gasteiger partial charge in [0.05, 0.1) is 5.56 Å². The van der Waals surface area contributed by atoms with Gasteiger partial charge in [-0.15, -0.1) is 0 Å². The van der Waals surface area contributed by atoms with E-state index in [4.69, 9.17) is 22.1 Å². The van der Waals surface area contributed by atoms with Crippen LogP contribution in [0.25, 0.3) is 0 Å². The van der Waals surface area contributed by atoms with Crippen molar-refractivity contribution in [2.24, 2.45) is 0 Å². The first-order valence-corrected chi connectivity index (χ1v) is 7.90. The molecule has 3 N–H and O–H groups in total. The molecule has 0 radical (unpaired) electrons. The zero-order chi connectivity index (χ0) is 18.4. The third-order valence-corrected chi connectivity index (χ3v) is 3.58. The summed E-state index contributed by atoms with van der Waals surface area (Å²) in [5.74, 6) is -0.862. The van der Waals surface area contributed by atoms with E-state index >= 15 is 0 Å². The van der Waals surface area contributed by atoms with E-state index < -0.39 is 11.9 Å². The Morgan fingerprint density at radius 1 is 1.12 bits per heavy atom. The summed E-state index contributed by atoms with van der Waals surface area (Å²) in [6, 6.07) is 11.9. The zero-order valence-electron chi connectivity index (χ0n) is 13.8. The van der Waals surface area contributed by atoms with Gasteiger partial charge in [-0.1, -0.05) is 23.8 Å². The van der Waals surface area contributed by atoms with Crippen LogP contribution in [0.1, 0.15) is 21.5 Å². The fourth-order valence-electron chi connectivity index (χ4n) is 1.99. The SMILES string of the molecule is Cc1ccc(OCC(=O)NC(=S)Nc2cc(C(=O)O)ccc2C)cc1. The highest BCUT2D eigenvalue weighted by molar-refractivity contribution is 7.80. The van der Waals surface area contributed by atoms with Gasteiger partial charge in [0, 0.05) is 5.69 Å². The number of aromatic carboxylic acids is 1. The number of carbonyl (C=O) groups is 2. The van der Waals surface area contributed by atoms with Crippen LogP contribution in [0.15, 0.2) is 42.5 Å². The second-order valence-corrected chi connectivity index (χ2v) is 5.85. The first-order chi connectivity index (χ1) is 11.8. The smallest absolute Gasteiger partial charge is 0.335 e. The Bertz CT molecular complexity index is 803. The van der Waals surface area contributed by atoms with Crippen molar-refractivity contribution in [2.75, 3.05) is 11.9 Å². The number of hydrogen-bond donors (Lipinski definition) is 3. The largest absolute Gasteiger partial charge is 0.484 e. The van der Waals surface area contributed by atoms with Crippen LogP contribution >= 0.6 is 12.2 Å². The van der Waals surface area contributed by atoms with Crippen LogP contribution in [0.4, 0.5) is 5.69 Å². The summed E-state index contributed by atoms with van der Waals surface area (Å²) >= 11 is 5.08. The molecule has 0 atom stereocenters. The van der Waals surface area contributed by atoms with Crippen LogP contribution in [0.5, 0.6) is 5.75 Å². The first kappa shape index (κ1) is 18.4. The number of carboxylic acids is 1. The summed E-state index contributed by atoms with van der Waals surface area (Å²) in [6.07, 6.45) is 0. The molecule has 0 bridgehead atoms. The lowest BCUT2D eigenvalue weighted by Gasteiger charge is -2.13. The number of anilines is 1. The maximum Gasteiger partial charge on any atom is 0.335 e. The van der Waals surface area contributed by atoms with Crippen LogP contribution in [-0.4, -0.2) is 28.7 Å². The quantitative estimate of drug-likeness (QED) is 0.713. The average Bonchev–Trinajstić information content (AvgIpc) is 2.56. The molecule has 1 amide bonds. The van der Waals surface area contributed by atoms with E-state index in [0.29, 0.717) is 11.4 Å². The summed E-state index contributed by atoms with van der Waals surface area (Å²) in [5, 5.41) is 14.4. The number of amides is 1. The van der Waals surface area contributed by atoms with Gasteiger partial charge in [-0.3, -0.25) is 10.1 Å². The molecular formula is C18H18N2O4S. The van der Waals surface area contributed by atoms with E-state index in [2.05, 4.69) is 10.6 Å². The summed E-state index contributed by atoms with van der Waals surface area (Å²) in [4.78, 5) is 22.9. The molecule has 0 saturated carbocycles. The minimum Gasteiger partial charge on any atom is -0.484 e. The molecule has 0 unspecified atom stereocenters. The lowest BCUT2D eigenvalue weighted by atomic mass is 10.1. The number of ether oxygens (including phenoxy) is 1. The molecule has 2 rings (SSSR count). The second-order valence-electron chi connectivity index (χ2n) is 5.44. The van der Waals surface area contributed by atoms with Crippen molar-refractivity contribution < 1.29 is 19.4 Å². The molecule has 130 valence electrons. The number of rotatable bonds is 5. The molecule has 0 heterocycles. The molecule has 0 aliphatic heterocycles. The lowest BCUT2D eigenvalue weighted by molar-refractivity contribution is -0.121. The van der Waals surface area contributed by atoms with Gasteiger partial charge in [0.1, 0.15) is 5.75 Å². The molecule has 0 spiro atoms. The van der Waals surface area contributed by atoms with Gasteiger partial charge in [0.25, 0.3) is 5.91 Å². The highest BCUT2D eigenvalue weighted by Gasteiger charge is 2.10. The highest BCUT2D eigenvalue weighted by atomic mass is 32.1. The van der Waals surface area contributed by atoms with Gasteiger partial charge in [-0.05, 0) is 55.9 Å². The topological polar surface area (TPSA) is 87.7 Å². The van der Waals surface area contributed by atoms with Crippen molar-refractivity contribution in [1.29, 1.82) is 0 Å². The number of nitrogens with one attached hydrogen (secondary N) is 2. The average molecular weight is 358 g/mol. The molecule has 0 saturated heterocycles. The molecular weight excluding hydrogens is 340 g/mol. The van der Waals surface area contributed by atoms with E-state index in [0.717, 1.165) is 11.1 Å². The Balaban J connectivity index is 1.89. The second kappa shape index (κ2) is 8.25. The Labute approximate surface area is 150 Å². The van der Waals surface area contributed by atoms with Crippen molar-refractivity contribution in [1.82, 2.24) is 5.32 Å². The van der Waals surface area contributed by atoms with E-state index in [-0.39, 0.29) is 17.3 Å². The first-order valence-electron chi connectivity index (χ1n) is 7.49. The Kier molecular flexibility index (Phi) is 6.08. The minimum absolute atomic E-state index is 0.0724. The van der Waals surface area contributed by atoms with Gasteiger partial charge in [0.15, 0.2) is 11.7 Å². The van der Waals surface area contributed by atoms with Crippen molar-refractivity contribution in [2.45, 2.75) is 13.8 Å². The lowest BCUT2D eigenvalue weighted by Crippen LogP contribution is -2.37. The number of hydrogen-bond acceptors (Lipinski definition) is 4. The summed E-state index contributed by atoms with van der Waals surface area (Å²) < 4.78 is 5.37. The number of carbonyl (C=O) groups excluding carboxylic acids is 1. The van der Waals surface area contributed by atoms with Crippen LogP contribution < -0.4 is 15.4 Å². The van der Waals surface area contributed by atoms with E-state index in [1.807, 2.05) is 19.1 Å². The maximum atomic E-state index is 11.9. The Morgan fingerprint density at radius 2 is 1.80 bits per heavy atom. The summed E-state index contributed by atoms with van der Waals surface area (Å²) in [6.45, 7) is 3.58. The van der Waals surface area contributed by atoms with Crippen molar-refractivity contribution in [3.05, 3.63) is 59.2 Å². The molecule has 0 aliphatic carbocycles. The molecule has 0 aliphatic rings. The summed E-state index contributed by atoms with van der Waals surface area (Å²) in [5.41, 5.74) is 2.55. The Hall–Kier alpha value is -2.93. The normalized spacial score (nSPS) is 10.0. The molecule has 25 heavy (non-hydrogen) atoms. The fraction of sp³-hybridized carbons (Fsp3) is 0.167. The van der Waals surface area contributed by atoms with Crippen LogP contribution in [0, 0.1) is 13.8 Å². The van der Waals surface area contributed by atoms with E-state index in [1.54, 1.807) is 25.1 Å². The molecule has 0 aromatic heterocycles. The molecule has 7 heteroatoms. The molecule has 2 aromatic carbocycles. The maximum absolute atomic E-state index is 11.9. The molecule has 2 aromatic rings. The molecule has 6 nitrogen and oxygen atoms in total. The number of benzene rings is 2. The van der Waals surface area contributed by atoms with Crippen molar-refractivity contribution in [3.63, 3.8) is 0 Å². The highest BCUT2D eigenvalue weighted by Crippen LogP contribution is 2.17. The van der Waals surface area contributed by atoms with Gasteiger partial charge in [-0.25, -0.2) is 4.79 Å². The minimum atomic E-state index is -1.04. The monoisotopic (exact) mass is 358 g/mol. The zero-order valence-corrected chi connectivity index (χ0v) is 14.6. The van der Waals surface area contributed by atoms with Gasteiger partial charge >= 0.3 is 5.97 Å². The van der Waals surface area contributed by atoms with E-state index in [1.165, 1.54) is 12.1 Å². The molecule has 0 fully saturated rings. The van der Waals surface area contributed by atoms with Crippen LogP contribution in [0.2, 0.25) is 0 Å². The third-order valence-electron chi connectivity index (χ3n) is 3.38. The van der Waals surface area contributed by atoms with Gasteiger partial charge in [-0.2, -0.15) is 0 Å². The van der Waals surface area contributed by atoms with Crippen molar-refractivity contribution in [3.8, 4) is 5.75 Å². The van der Waals surface area contributed by atoms with Gasteiger partial charge in [0.2, 0.25) is 0 Å². The summed E-state index contributed by atoms with van der Waals surface area (Å²) in [7, 11) is 0. The van der Waals surface area contributed by atoms with Gasteiger partial charge < -0.3 is 15.2 Å². The fourth-order valence-corrected chi connectivity index (χ4v) is 2.21. The van der Waals surface area contributed by atoms with Crippen LogP contribution in [-0.2, 0) is 4.79 Å². The van der Waals surface area contributed by atoms with E-state index in [9.17, 15) is 9.59 Å². The number of aryl methyl sites for hydroxylation is 2. The predicted molar refractivity (Wildman–Crippen MR) is 99.2 cm³/mol. The van der Waals surface area contributed by atoms with Crippen molar-refractivity contribution >= 4 is 34.9 Å². The van der Waals surface area contributed by atoms with Crippen LogP contribution in [0.3, 0.4) is 0 Å². The predicted octanol–water partition coefficient (Wildman–Crippen LogP) is 2.89. The Morgan fingerprint density at radius 3 is 2.44 bits per heavy atom. The standard InChI is InChI=1S/C18H18N2O4S/c1-11-3-7-14(8-4-11)24-10-16(21)20-18(25)19-15-9-13(17(22)23)6-5-12(15)2/h3-9H,10H2,1-2H3,(H,22,23)(H2,19,20,21,25). The number of thiocarbonyl (C=S) groups is 1. The third kappa shape index (κ3) is 5.58.